The monoisotopic (exact) mass is 435 g/mol. The van der Waals surface area contributed by atoms with Gasteiger partial charge < -0.3 is 20.1 Å². The first-order chi connectivity index (χ1) is 11.9. The highest BCUT2D eigenvalue weighted by atomic mass is 35.5. The summed E-state index contributed by atoms with van der Waals surface area (Å²) in [4.78, 5) is 18.5. The molecule has 0 radical (unpaired) electrons. The molecule has 152 valence electrons. The molecule has 2 rings (SSSR count). The van der Waals surface area contributed by atoms with Gasteiger partial charge in [0.05, 0.1) is 18.3 Å². The number of nitrogens with zero attached hydrogens (tertiary/aromatic N) is 2. The fraction of sp³-hybridized carbons (Fsp3) is 0.444. The largest absolute Gasteiger partial charge is 0.493 e. The predicted molar refractivity (Wildman–Crippen MR) is 114 cm³/mol. The molecule has 6 nitrogen and oxygen atoms in total. The third-order valence-corrected chi connectivity index (χ3v) is 4.47. The number of methoxy groups -OCH3 is 1. The molecule has 2 aromatic rings. The van der Waals surface area contributed by atoms with Crippen LogP contribution >= 0.6 is 36.2 Å². The normalized spacial score (nSPS) is 10.4. The van der Waals surface area contributed by atoms with E-state index < -0.39 is 0 Å². The molecule has 0 spiro atoms. The first kappa shape index (κ1) is 25.5. The van der Waals surface area contributed by atoms with Gasteiger partial charge in [-0.2, -0.15) is 0 Å². The Balaban J connectivity index is 0.00000338. The van der Waals surface area contributed by atoms with Crippen LogP contribution in [0, 0.1) is 5.41 Å². The number of carbonyl (C=O) groups is 1. The summed E-state index contributed by atoms with van der Waals surface area (Å²) in [5.74, 6) is 1.02. The summed E-state index contributed by atoms with van der Waals surface area (Å²) in [5.41, 5.74) is 8.79. The molecule has 27 heavy (non-hydrogen) atoms. The van der Waals surface area contributed by atoms with Crippen LogP contribution in [-0.4, -0.2) is 43.0 Å². The van der Waals surface area contributed by atoms with Crippen molar-refractivity contribution in [3.8, 4) is 11.5 Å². The molecule has 0 atom stereocenters. The SMILES string of the molecule is COc1cc(C(=O)N(C)CC(C)(C)CN)ccc1OCc1cscn1.Cl.Cl. The minimum atomic E-state index is -0.134. The molecule has 0 aliphatic rings. The van der Waals surface area contributed by atoms with E-state index in [2.05, 4.69) is 4.98 Å². The van der Waals surface area contributed by atoms with Gasteiger partial charge in [-0.1, -0.05) is 13.8 Å². The van der Waals surface area contributed by atoms with Crippen LogP contribution in [0.25, 0.3) is 0 Å². The molecule has 9 heteroatoms. The molecule has 0 saturated heterocycles. The van der Waals surface area contributed by atoms with Crippen LogP contribution < -0.4 is 15.2 Å². The number of benzene rings is 1. The van der Waals surface area contributed by atoms with Crippen LogP contribution in [0.1, 0.15) is 29.9 Å². The van der Waals surface area contributed by atoms with Gasteiger partial charge in [0, 0.05) is 24.5 Å². The van der Waals surface area contributed by atoms with Gasteiger partial charge in [0.25, 0.3) is 5.91 Å². The Morgan fingerprint density at radius 1 is 1.30 bits per heavy atom. The van der Waals surface area contributed by atoms with Crippen molar-refractivity contribution in [1.29, 1.82) is 0 Å². The van der Waals surface area contributed by atoms with Crippen LogP contribution in [0.5, 0.6) is 11.5 Å². The van der Waals surface area contributed by atoms with Gasteiger partial charge >= 0.3 is 0 Å². The van der Waals surface area contributed by atoms with E-state index in [0.717, 1.165) is 5.69 Å². The molecule has 0 aliphatic carbocycles. The highest BCUT2D eigenvalue weighted by Gasteiger charge is 2.22. The molecule has 0 aliphatic heterocycles. The Kier molecular flexibility index (Phi) is 10.7. The van der Waals surface area contributed by atoms with E-state index in [-0.39, 0.29) is 36.1 Å². The van der Waals surface area contributed by atoms with Crippen molar-refractivity contribution in [2.75, 3.05) is 27.2 Å². The molecule has 1 aromatic carbocycles. The summed E-state index contributed by atoms with van der Waals surface area (Å²) in [6, 6.07) is 5.19. The van der Waals surface area contributed by atoms with E-state index in [9.17, 15) is 4.79 Å². The number of hydrogen-bond donors (Lipinski definition) is 1. The molecule has 0 unspecified atom stereocenters. The first-order valence-electron chi connectivity index (χ1n) is 8.00. The second-order valence-corrected chi connectivity index (χ2v) is 7.38. The number of carbonyl (C=O) groups excluding carboxylic acids is 1. The maximum absolute atomic E-state index is 12.6. The van der Waals surface area contributed by atoms with E-state index in [1.165, 1.54) is 11.3 Å². The van der Waals surface area contributed by atoms with Gasteiger partial charge in [0.2, 0.25) is 0 Å². The molecule has 1 aromatic heterocycles. The van der Waals surface area contributed by atoms with Crippen LogP contribution in [0.4, 0.5) is 0 Å². The average molecular weight is 436 g/mol. The lowest BCUT2D eigenvalue weighted by atomic mass is 9.93. The number of amides is 1. The van der Waals surface area contributed by atoms with Crippen LogP contribution in [-0.2, 0) is 6.61 Å². The van der Waals surface area contributed by atoms with Crippen LogP contribution in [0.2, 0.25) is 0 Å². The van der Waals surface area contributed by atoms with Crippen molar-refractivity contribution in [3.05, 3.63) is 40.3 Å². The average Bonchev–Trinajstić information content (AvgIpc) is 3.12. The zero-order chi connectivity index (χ0) is 18.4. The van der Waals surface area contributed by atoms with E-state index in [1.54, 1.807) is 42.8 Å². The Morgan fingerprint density at radius 3 is 2.56 bits per heavy atom. The molecular formula is C18H27Cl2N3O3S. The molecule has 1 amide bonds. The topological polar surface area (TPSA) is 77.7 Å². The summed E-state index contributed by atoms with van der Waals surface area (Å²) in [5, 5.41) is 1.93. The van der Waals surface area contributed by atoms with Gasteiger partial charge in [-0.25, -0.2) is 4.98 Å². The second kappa shape index (κ2) is 11.3. The molecule has 1 heterocycles. The smallest absolute Gasteiger partial charge is 0.253 e. The summed E-state index contributed by atoms with van der Waals surface area (Å²) >= 11 is 1.52. The maximum Gasteiger partial charge on any atom is 0.253 e. The number of ether oxygens (including phenoxy) is 2. The maximum atomic E-state index is 12.6. The Bertz CT molecular complexity index is 712. The molecule has 0 saturated carbocycles. The third kappa shape index (κ3) is 7.18. The predicted octanol–water partition coefficient (Wildman–Crippen LogP) is 3.63. The summed E-state index contributed by atoms with van der Waals surface area (Å²) in [6.07, 6.45) is 0. The van der Waals surface area contributed by atoms with Gasteiger partial charge in [-0.15, -0.1) is 36.2 Å². The zero-order valence-electron chi connectivity index (χ0n) is 15.9. The van der Waals surface area contributed by atoms with Gasteiger partial charge in [-0.3, -0.25) is 4.79 Å². The molecule has 2 N–H and O–H groups in total. The van der Waals surface area contributed by atoms with E-state index in [0.29, 0.717) is 36.8 Å². The minimum Gasteiger partial charge on any atom is -0.493 e. The molecule has 0 fully saturated rings. The number of halogens is 2. The van der Waals surface area contributed by atoms with Crippen molar-refractivity contribution in [3.63, 3.8) is 0 Å². The lowest BCUT2D eigenvalue weighted by Gasteiger charge is -2.29. The van der Waals surface area contributed by atoms with Crippen molar-refractivity contribution in [1.82, 2.24) is 9.88 Å². The van der Waals surface area contributed by atoms with Crippen molar-refractivity contribution < 1.29 is 14.3 Å². The lowest BCUT2D eigenvalue weighted by molar-refractivity contribution is 0.0740. The number of aromatic nitrogens is 1. The van der Waals surface area contributed by atoms with E-state index in [1.807, 2.05) is 19.2 Å². The third-order valence-electron chi connectivity index (χ3n) is 3.83. The van der Waals surface area contributed by atoms with Gasteiger partial charge in [0.15, 0.2) is 11.5 Å². The Labute approximate surface area is 176 Å². The van der Waals surface area contributed by atoms with Crippen molar-refractivity contribution in [2.24, 2.45) is 11.1 Å². The van der Waals surface area contributed by atoms with Crippen LogP contribution in [0.15, 0.2) is 29.1 Å². The van der Waals surface area contributed by atoms with Gasteiger partial charge in [-0.05, 0) is 30.2 Å². The fourth-order valence-corrected chi connectivity index (χ4v) is 2.92. The fourth-order valence-electron chi connectivity index (χ4n) is 2.38. The summed E-state index contributed by atoms with van der Waals surface area (Å²) < 4.78 is 11.1. The highest BCUT2D eigenvalue weighted by molar-refractivity contribution is 7.07. The van der Waals surface area contributed by atoms with Crippen molar-refractivity contribution >= 4 is 42.1 Å². The summed E-state index contributed by atoms with van der Waals surface area (Å²) in [6.45, 7) is 5.52. The van der Waals surface area contributed by atoms with Crippen molar-refractivity contribution in [2.45, 2.75) is 20.5 Å². The van der Waals surface area contributed by atoms with E-state index >= 15 is 0 Å². The second-order valence-electron chi connectivity index (χ2n) is 6.66. The first-order valence-corrected chi connectivity index (χ1v) is 8.94. The van der Waals surface area contributed by atoms with Crippen LogP contribution in [0.3, 0.4) is 0 Å². The Morgan fingerprint density at radius 2 is 2.00 bits per heavy atom. The lowest BCUT2D eigenvalue weighted by Crippen LogP contribution is -2.39. The van der Waals surface area contributed by atoms with E-state index in [4.69, 9.17) is 15.2 Å². The Hall–Kier alpha value is -1.54. The summed E-state index contributed by atoms with van der Waals surface area (Å²) in [7, 11) is 3.33. The van der Waals surface area contributed by atoms with Gasteiger partial charge in [0.1, 0.15) is 6.61 Å². The number of hydrogen-bond acceptors (Lipinski definition) is 6. The molecule has 0 bridgehead atoms. The number of thiazole rings is 1. The highest BCUT2D eigenvalue weighted by Crippen LogP contribution is 2.29. The quantitative estimate of drug-likeness (QED) is 0.684. The molecular weight excluding hydrogens is 409 g/mol. The number of rotatable bonds is 8. The minimum absolute atomic E-state index is 0. The zero-order valence-corrected chi connectivity index (χ0v) is 18.4. The number of nitrogens with two attached hydrogens (primary N) is 1. The standard InChI is InChI=1S/C18H25N3O3S.2ClH/c1-18(2,10-19)11-21(3)17(22)13-5-6-15(16(7-13)23-4)24-8-14-9-25-12-20-14;;/h5-7,9,12H,8,10-11,19H2,1-4H3;2*1H.